The van der Waals surface area contributed by atoms with Gasteiger partial charge in [0, 0.05) is 6.54 Å². The minimum absolute atomic E-state index is 0.375. The van der Waals surface area contributed by atoms with Crippen molar-refractivity contribution in [2.24, 2.45) is 0 Å². The summed E-state index contributed by atoms with van der Waals surface area (Å²) in [4.78, 5) is 0. The molecule has 2 aromatic rings. The van der Waals surface area contributed by atoms with Crippen molar-refractivity contribution < 1.29 is 27.4 Å². The Morgan fingerprint density at radius 3 is 2.00 bits per heavy atom. The molecule has 0 aliphatic carbocycles. The summed E-state index contributed by atoms with van der Waals surface area (Å²) in [7, 11) is 2.82. The Morgan fingerprint density at radius 1 is 0.857 bits per heavy atom. The summed E-state index contributed by atoms with van der Waals surface area (Å²) in [5.74, 6) is 2.31. The summed E-state index contributed by atoms with van der Waals surface area (Å²) in [6.45, 7) is 0.375. The Labute approximate surface area is 165 Å². The van der Waals surface area contributed by atoms with Crippen molar-refractivity contribution >= 4 is 10.0 Å². The minimum Gasteiger partial charge on any atom is -0.493 e. The van der Waals surface area contributed by atoms with E-state index in [-0.39, 0.29) is 0 Å². The first kappa shape index (κ1) is 20.3. The highest BCUT2D eigenvalue weighted by Crippen LogP contribution is 2.43. The van der Waals surface area contributed by atoms with E-state index in [1.807, 2.05) is 24.3 Å². The largest absolute Gasteiger partial charge is 0.493 e. The smallest absolute Gasteiger partial charge is 0.212 e. The predicted molar refractivity (Wildman–Crippen MR) is 106 cm³/mol. The van der Waals surface area contributed by atoms with Crippen LogP contribution in [0.1, 0.15) is 22.7 Å². The third-order valence-corrected chi connectivity index (χ3v) is 6.22. The van der Waals surface area contributed by atoms with Crippen LogP contribution in [0.2, 0.25) is 0 Å². The molecule has 0 unspecified atom stereocenters. The molecular formula is C20H25NO6S. The van der Waals surface area contributed by atoms with Crippen molar-refractivity contribution in [2.75, 3.05) is 41.2 Å². The zero-order valence-electron chi connectivity index (χ0n) is 16.7. The molecule has 0 bridgehead atoms. The molecule has 0 N–H and O–H groups in total. The molecule has 1 heterocycles. The number of benzene rings is 2. The molecule has 0 saturated carbocycles. The van der Waals surface area contributed by atoms with Gasteiger partial charge in [-0.15, -0.1) is 0 Å². The van der Waals surface area contributed by atoms with Crippen LogP contribution in [0.15, 0.2) is 30.3 Å². The van der Waals surface area contributed by atoms with Crippen LogP contribution in [0.3, 0.4) is 0 Å². The molecule has 0 radical (unpaired) electrons. The summed E-state index contributed by atoms with van der Waals surface area (Å²) >= 11 is 0. The van der Waals surface area contributed by atoms with Crippen molar-refractivity contribution in [3.8, 4) is 23.0 Å². The summed E-state index contributed by atoms with van der Waals surface area (Å²) in [6, 6.07) is 8.72. The van der Waals surface area contributed by atoms with E-state index in [9.17, 15) is 8.42 Å². The van der Waals surface area contributed by atoms with Gasteiger partial charge in [0.15, 0.2) is 23.0 Å². The van der Waals surface area contributed by atoms with Crippen molar-refractivity contribution in [1.82, 2.24) is 4.31 Å². The highest BCUT2D eigenvalue weighted by atomic mass is 32.2. The second kappa shape index (κ2) is 7.89. The fourth-order valence-corrected chi connectivity index (χ4v) is 4.69. The monoisotopic (exact) mass is 407 g/mol. The van der Waals surface area contributed by atoms with Gasteiger partial charge >= 0.3 is 0 Å². The average molecular weight is 407 g/mol. The maximum Gasteiger partial charge on any atom is 0.212 e. The van der Waals surface area contributed by atoms with Gasteiger partial charge in [-0.25, -0.2) is 8.42 Å². The number of methoxy groups -OCH3 is 4. The third-order valence-electron chi connectivity index (χ3n) is 4.98. The molecule has 0 aromatic heterocycles. The Hall–Kier alpha value is -2.45. The van der Waals surface area contributed by atoms with Crippen molar-refractivity contribution in [3.63, 3.8) is 0 Å². The summed E-state index contributed by atoms with van der Waals surface area (Å²) in [5, 5.41) is 0. The molecule has 0 saturated heterocycles. The van der Waals surface area contributed by atoms with Crippen LogP contribution in [0, 0.1) is 0 Å². The lowest BCUT2D eigenvalue weighted by molar-refractivity contribution is 0.330. The Kier molecular flexibility index (Phi) is 5.71. The molecule has 2 aromatic carbocycles. The molecule has 28 heavy (non-hydrogen) atoms. The zero-order valence-corrected chi connectivity index (χ0v) is 17.5. The molecule has 1 aliphatic rings. The second-order valence-corrected chi connectivity index (χ2v) is 8.48. The van der Waals surface area contributed by atoms with E-state index in [2.05, 4.69) is 0 Å². The Morgan fingerprint density at radius 2 is 1.43 bits per heavy atom. The number of nitrogens with zero attached hydrogens (tertiary/aromatic N) is 1. The van der Waals surface area contributed by atoms with E-state index in [1.165, 1.54) is 10.6 Å². The maximum absolute atomic E-state index is 12.5. The van der Waals surface area contributed by atoms with Crippen molar-refractivity contribution in [2.45, 2.75) is 12.5 Å². The van der Waals surface area contributed by atoms with Gasteiger partial charge in [0.25, 0.3) is 0 Å². The average Bonchev–Trinajstić information content (AvgIpc) is 2.70. The van der Waals surface area contributed by atoms with Crippen molar-refractivity contribution in [3.05, 3.63) is 47.0 Å². The summed E-state index contributed by atoms with van der Waals surface area (Å²) in [5.41, 5.74) is 2.68. The molecule has 8 heteroatoms. The number of sulfonamides is 1. The molecule has 152 valence electrons. The SMILES string of the molecule is COc1ccc([C@@H]2c3cc(OC)c(OC)cc3CCN2S(C)(=O)=O)cc1OC. The van der Waals surface area contributed by atoms with Gasteiger partial charge < -0.3 is 18.9 Å². The van der Waals surface area contributed by atoms with Gasteiger partial charge in [-0.2, -0.15) is 4.31 Å². The second-order valence-electron chi connectivity index (χ2n) is 6.55. The lowest BCUT2D eigenvalue weighted by atomic mass is 9.89. The lowest BCUT2D eigenvalue weighted by Gasteiger charge is -2.36. The highest BCUT2D eigenvalue weighted by molar-refractivity contribution is 7.88. The number of hydrogen-bond acceptors (Lipinski definition) is 6. The van der Waals surface area contributed by atoms with E-state index in [0.717, 1.165) is 16.7 Å². The van der Waals surface area contributed by atoms with Crippen LogP contribution < -0.4 is 18.9 Å². The molecule has 1 atom stereocenters. The summed E-state index contributed by atoms with van der Waals surface area (Å²) < 4.78 is 48.2. The van der Waals surface area contributed by atoms with Gasteiger partial charge in [0.2, 0.25) is 10.0 Å². The number of fused-ring (bicyclic) bond motifs is 1. The van der Waals surface area contributed by atoms with Gasteiger partial charge in [0.1, 0.15) is 0 Å². The van der Waals surface area contributed by atoms with Crippen molar-refractivity contribution in [1.29, 1.82) is 0 Å². The minimum atomic E-state index is -3.45. The molecule has 1 aliphatic heterocycles. The topological polar surface area (TPSA) is 74.3 Å². The van der Waals surface area contributed by atoms with Crippen LogP contribution in [0.5, 0.6) is 23.0 Å². The number of rotatable bonds is 6. The maximum atomic E-state index is 12.5. The number of ether oxygens (including phenoxy) is 4. The Bertz CT molecular complexity index is 973. The van der Waals surface area contributed by atoms with Crippen LogP contribution in [-0.2, 0) is 16.4 Å². The molecule has 0 spiro atoms. The Balaban J connectivity index is 2.23. The first-order valence-corrected chi connectivity index (χ1v) is 10.6. The third kappa shape index (κ3) is 3.62. The molecule has 0 amide bonds. The first-order chi connectivity index (χ1) is 13.3. The van der Waals surface area contributed by atoms with E-state index in [0.29, 0.717) is 36.0 Å². The normalized spacial score (nSPS) is 17.0. The fourth-order valence-electron chi connectivity index (χ4n) is 3.65. The first-order valence-electron chi connectivity index (χ1n) is 8.77. The predicted octanol–water partition coefficient (Wildman–Crippen LogP) is 2.63. The molecule has 7 nitrogen and oxygen atoms in total. The van der Waals surface area contributed by atoms with Gasteiger partial charge in [-0.05, 0) is 47.4 Å². The van der Waals surface area contributed by atoms with E-state index in [1.54, 1.807) is 34.5 Å². The van der Waals surface area contributed by atoms with Crippen LogP contribution in [0.4, 0.5) is 0 Å². The van der Waals surface area contributed by atoms with E-state index in [4.69, 9.17) is 18.9 Å². The standard InChI is InChI=1S/C20H25NO6S/c1-24-16-7-6-14(11-17(16)25-2)20-15-12-19(27-4)18(26-3)10-13(15)8-9-21(20)28(5,22)23/h6-7,10-12,20H,8-9H2,1-5H3/t20-/m1/s1. The van der Waals surface area contributed by atoms with E-state index >= 15 is 0 Å². The van der Waals surface area contributed by atoms with Crippen LogP contribution >= 0.6 is 0 Å². The van der Waals surface area contributed by atoms with Crippen LogP contribution in [-0.4, -0.2) is 54.0 Å². The lowest BCUT2D eigenvalue weighted by Crippen LogP contribution is -2.40. The van der Waals surface area contributed by atoms with E-state index < -0.39 is 16.1 Å². The number of hydrogen-bond donors (Lipinski definition) is 0. The summed E-state index contributed by atoms with van der Waals surface area (Å²) in [6.07, 6.45) is 1.82. The van der Waals surface area contributed by atoms with Crippen LogP contribution in [0.25, 0.3) is 0 Å². The molecular weight excluding hydrogens is 382 g/mol. The molecule has 3 rings (SSSR count). The van der Waals surface area contributed by atoms with Gasteiger partial charge in [-0.1, -0.05) is 6.07 Å². The van der Waals surface area contributed by atoms with Gasteiger partial charge in [0.05, 0.1) is 40.7 Å². The van der Waals surface area contributed by atoms with Gasteiger partial charge in [-0.3, -0.25) is 0 Å². The quantitative estimate of drug-likeness (QED) is 0.733. The molecule has 0 fully saturated rings. The fraction of sp³-hybridized carbons (Fsp3) is 0.400. The highest BCUT2D eigenvalue weighted by Gasteiger charge is 2.35. The zero-order chi connectivity index (χ0) is 20.5.